The Morgan fingerprint density at radius 1 is 0.781 bits per heavy atom. The van der Waals surface area contributed by atoms with Gasteiger partial charge in [-0.05, 0) is 65.6 Å². The van der Waals surface area contributed by atoms with Crippen molar-refractivity contribution in [2.45, 2.75) is 13.5 Å². The number of rotatable bonds is 6. The fourth-order valence-electron chi connectivity index (χ4n) is 3.80. The summed E-state index contributed by atoms with van der Waals surface area (Å²) in [6.45, 7) is 2.62. The van der Waals surface area contributed by atoms with E-state index in [1.165, 1.54) is 0 Å². The van der Waals surface area contributed by atoms with Crippen LogP contribution in [0.15, 0.2) is 91.1 Å². The second-order valence-corrected chi connectivity index (χ2v) is 7.62. The maximum absolute atomic E-state index is 6.03. The molecule has 5 rings (SSSR count). The van der Waals surface area contributed by atoms with E-state index in [1.54, 1.807) is 7.11 Å². The van der Waals surface area contributed by atoms with Gasteiger partial charge >= 0.3 is 0 Å². The van der Waals surface area contributed by atoms with E-state index < -0.39 is 0 Å². The Balaban J connectivity index is 1.46. The lowest BCUT2D eigenvalue weighted by molar-refractivity contribution is 0.304. The Kier molecular flexibility index (Phi) is 5.30. The minimum Gasteiger partial charge on any atom is -0.496 e. The number of pyridine rings is 1. The summed E-state index contributed by atoms with van der Waals surface area (Å²) in [6.07, 6.45) is 2.07. The van der Waals surface area contributed by atoms with Crippen molar-refractivity contribution in [1.82, 2.24) is 14.6 Å². The Labute approximate surface area is 186 Å². The highest BCUT2D eigenvalue weighted by Crippen LogP contribution is 2.31. The summed E-state index contributed by atoms with van der Waals surface area (Å²) in [6, 6.07) is 28.3. The van der Waals surface area contributed by atoms with Gasteiger partial charge in [-0.25, -0.2) is 0 Å². The van der Waals surface area contributed by atoms with Gasteiger partial charge in [-0.1, -0.05) is 48.5 Å². The number of methoxy groups -OCH3 is 1. The van der Waals surface area contributed by atoms with Crippen LogP contribution in [0.5, 0.6) is 11.5 Å². The van der Waals surface area contributed by atoms with E-state index in [0.717, 1.165) is 50.8 Å². The van der Waals surface area contributed by atoms with E-state index in [-0.39, 0.29) is 0 Å². The van der Waals surface area contributed by atoms with Crippen LogP contribution in [-0.4, -0.2) is 21.7 Å². The van der Waals surface area contributed by atoms with Crippen molar-refractivity contribution in [2.75, 3.05) is 7.11 Å². The van der Waals surface area contributed by atoms with Gasteiger partial charge in [-0.2, -0.15) is 0 Å². The van der Waals surface area contributed by atoms with Crippen molar-refractivity contribution in [3.63, 3.8) is 0 Å². The van der Waals surface area contributed by atoms with Gasteiger partial charge in [0.05, 0.1) is 12.7 Å². The number of nitrogens with zero attached hydrogens (tertiary/aromatic N) is 3. The minimum atomic E-state index is 0.552. The number of aryl methyl sites for hydroxylation is 1. The van der Waals surface area contributed by atoms with Gasteiger partial charge in [-0.3, -0.25) is 4.40 Å². The standard InChI is InChI=1S/C27H23N3O2/c1-19-16-21(12-14-24(19)32-18-20-8-4-3-5-9-20)22-13-15-26-28-29-27(30(26)17-22)23-10-6-7-11-25(23)31-2/h3-17H,18H2,1-2H3. The van der Waals surface area contributed by atoms with E-state index in [1.807, 2.05) is 59.0 Å². The average Bonchev–Trinajstić information content (AvgIpc) is 3.27. The maximum atomic E-state index is 6.03. The van der Waals surface area contributed by atoms with Crippen molar-refractivity contribution in [1.29, 1.82) is 0 Å². The van der Waals surface area contributed by atoms with E-state index in [4.69, 9.17) is 9.47 Å². The number of para-hydroxylation sites is 1. The molecule has 5 nitrogen and oxygen atoms in total. The van der Waals surface area contributed by atoms with Gasteiger partial charge in [0.15, 0.2) is 11.5 Å². The summed E-state index contributed by atoms with van der Waals surface area (Å²) in [4.78, 5) is 0. The maximum Gasteiger partial charge on any atom is 0.172 e. The van der Waals surface area contributed by atoms with Gasteiger partial charge in [0, 0.05) is 6.20 Å². The molecular formula is C27H23N3O2. The molecule has 0 radical (unpaired) electrons. The Hall–Kier alpha value is -4.12. The highest BCUT2D eigenvalue weighted by Gasteiger charge is 2.13. The molecule has 2 heterocycles. The topological polar surface area (TPSA) is 48.7 Å². The summed E-state index contributed by atoms with van der Waals surface area (Å²) in [5.41, 5.74) is 6.11. The molecule has 32 heavy (non-hydrogen) atoms. The van der Waals surface area contributed by atoms with Crippen molar-refractivity contribution < 1.29 is 9.47 Å². The quantitative estimate of drug-likeness (QED) is 0.339. The molecule has 0 bridgehead atoms. The first-order valence-electron chi connectivity index (χ1n) is 10.5. The third-order valence-corrected chi connectivity index (χ3v) is 5.50. The van der Waals surface area contributed by atoms with E-state index in [9.17, 15) is 0 Å². The van der Waals surface area contributed by atoms with Gasteiger partial charge in [0.2, 0.25) is 0 Å². The van der Waals surface area contributed by atoms with E-state index in [2.05, 4.69) is 53.6 Å². The first-order chi connectivity index (χ1) is 15.7. The monoisotopic (exact) mass is 421 g/mol. The normalized spacial score (nSPS) is 10.9. The first-order valence-corrected chi connectivity index (χ1v) is 10.5. The number of hydrogen-bond donors (Lipinski definition) is 0. The van der Waals surface area contributed by atoms with Crippen LogP contribution >= 0.6 is 0 Å². The molecule has 158 valence electrons. The lowest BCUT2D eigenvalue weighted by Gasteiger charge is -2.12. The molecule has 0 N–H and O–H groups in total. The van der Waals surface area contributed by atoms with Gasteiger partial charge < -0.3 is 9.47 Å². The van der Waals surface area contributed by atoms with Crippen LogP contribution in [0.1, 0.15) is 11.1 Å². The number of benzene rings is 3. The summed E-state index contributed by atoms with van der Waals surface area (Å²) in [5.74, 6) is 2.40. The molecule has 0 fully saturated rings. The molecule has 3 aromatic carbocycles. The molecule has 0 aliphatic carbocycles. The minimum absolute atomic E-state index is 0.552. The molecule has 5 aromatic rings. The van der Waals surface area contributed by atoms with Crippen LogP contribution in [0.2, 0.25) is 0 Å². The molecule has 0 saturated heterocycles. The first kappa shape index (κ1) is 19.8. The second-order valence-electron chi connectivity index (χ2n) is 7.62. The largest absolute Gasteiger partial charge is 0.496 e. The molecule has 5 heteroatoms. The number of ether oxygens (including phenoxy) is 2. The molecule has 0 saturated carbocycles. The van der Waals surface area contributed by atoms with E-state index >= 15 is 0 Å². The lowest BCUT2D eigenvalue weighted by Crippen LogP contribution is -1.97. The summed E-state index contributed by atoms with van der Waals surface area (Å²) in [5, 5.41) is 8.73. The third kappa shape index (κ3) is 3.81. The number of aromatic nitrogens is 3. The second kappa shape index (κ2) is 8.55. The molecule has 2 aromatic heterocycles. The third-order valence-electron chi connectivity index (χ3n) is 5.50. The summed E-state index contributed by atoms with van der Waals surface area (Å²) < 4.78 is 13.6. The molecule has 0 atom stereocenters. The highest BCUT2D eigenvalue weighted by atomic mass is 16.5. The van der Waals surface area contributed by atoms with Crippen LogP contribution < -0.4 is 9.47 Å². The van der Waals surface area contributed by atoms with Crippen LogP contribution in [0.25, 0.3) is 28.2 Å². The number of hydrogen-bond acceptors (Lipinski definition) is 4. The van der Waals surface area contributed by atoms with Crippen molar-refractivity contribution in [3.8, 4) is 34.0 Å². The molecule has 0 unspecified atom stereocenters. The predicted octanol–water partition coefficient (Wildman–Crippen LogP) is 5.96. The SMILES string of the molecule is COc1ccccc1-c1nnc2ccc(-c3ccc(OCc4ccccc4)c(C)c3)cn12. The van der Waals surface area contributed by atoms with E-state index in [0.29, 0.717) is 6.61 Å². The van der Waals surface area contributed by atoms with Crippen LogP contribution in [-0.2, 0) is 6.61 Å². The van der Waals surface area contributed by atoms with Gasteiger partial charge in [0.1, 0.15) is 18.1 Å². The average molecular weight is 422 g/mol. The molecule has 0 aliphatic heterocycles. The van der Waals surface area contributed by atoms with Gasteiger partial charge in [-0.15, -0.1) is 10.2 Å². The molecule has 0 aliphatic rings. The molecular weight excluding hydrogens is 398 g/mol. The zero-order chi connectivity index (χ0) is 21.9. The van der Waals surface area contributed by atoms with Crippen LogP contribution in [0, 0.1) is 6.92 Å². The summed E-state index contributed by atoms with van der Waals surface area (Å²) in [7, 11) is 1.66. The Bertz CT molecular complexity index is 1380. The fraction of sp³-hybridized carbons (Fsp3) is 0.111. The zero-order valence-corrected chi connectivity index (χ0v) is 18.0. The van der Waals surface area contributed by atoms with Gasteiger partial charge in [0.25, 0.3) is 0 Å². The van der Waals surface area contributed by atoms with Crippen LogP contribution in [0.3, 0.4) is 0 Å². The van der Waals surface area contributed by atoms with Crippen molar-refractivity contribution in [3.05, 3.63) is 102 Å². The molecule has 0 spiro atoms. The number of fused-ring (bicyclic) bond motifs is 1. The Morgan fingerprint density at radius 3 is 2.38 bits per heavy atom. The fourth-order valence-corrected chi connectivity index (χ4v) is 3.80. The zero-order valence-electron chi connectivity index (χ0n) is 18.0. The summed E-state index contributed by atoms with van der Waals surface area (Å²) >= 11 is 0. The van der Waals surface area contributed by atoms with Crippen molar-refractivity contribution in [2.24, 2.45) is 0 Å². The van der Waals surface area contributed by atoms with Crippen LogP contribution in [0.4, 0.5) is 0 Å². The lowest BCUT2D eigenvalue weighted by atomic mass is 10.0. The highest BCUT2D eigenvalue weighted by molar-refractivity contribution is 5.71. The smallest absolute Gasteiger partial charge is 0.172 e. The predicted molar refractivity (Wildman–Crippen MR) is 126 cm³/mol. The van der Waals surface area contributed by atoms with Crippen molar-refractivity contribution >= 4 is 5.65 Å². The molecule has 0 amide bonds. The Morgan fingerprint density at radius 2 is 1.56 bits per heavy atom.